The van der Waals surface area contributed by atoms with Gasteiger partial charge in [-0.1, -0.05) is 40.2 Å². The second kappa shape index (κ2) is 6.19. The van der Waals surface area contributed by atoms with Crippen molar-refractivity contribution in [2.24, 2.45) is 11.8 Å². The SMILES string of the molecule is C=C(CC(C)CCC(C)C)NC(C)(C)C. The highest BCUT2D eigenvalue weighted by Crippen LogP contribution is 2.18. The fourth-order valence-corrected chi connectivity index (χ4v) is 1.72. The van der Waals surface area contributed by atoms with Crippen molar-refractivity contribution in [3.63, 3.8) is 0 Å². The summed E-state index contributed by atoms with van der Waals surface area (Å²) >= 11 is 0. The molecule has 1 atom stereocenters. The van der Waals surface area contributed by atoms with E-state index in [9.17, 15) is 0 Å². The van der Waals surface area contributed by atoms with E-state index in [2.05, 4.69) is 53.4 Å². The zero-order valence-corrected chi connectivity index (χ0v) is 11.5. The van der Waals surface area contributed by atoms with E-state index in [1.807, 2.05) is 0 Å². The van der Waals surface area contributed by atoms with Crippen molar-refractivity contribution >= 4 is 0 Å². The Bertz CT molecular complexity index is 186. The molecule has 0 rings (SSSR count). The van der Waals surface area contributed by atoms with Crippen LogP contribution in [0.25, 0.3) is 0 Å². The summed E-state index contributed by atoms with van der Waals surface area (Å²) in [4.78, 5) is 0. The normalized spacial score (nSPS) is 14.1. The largest absolute Gasteiger partial charge is 0.384 e. The van der Waals surface area contributed by atoms with Gasteiger partial charge in [0.25, 0.3) is 0 Å². The molecule has 0 spiro atoms. The third-order valence-electron chi connectivity index (χ3n) is 2.38. The average molecular weight is 211 g/mol. The minimum absolute atomic E-state index is 0.148. The number of rotatable bonds is 6. The van der Waals surface area contributed by atoms with Gasteiger partial charge < -0.3 is 5.32 Å². The lowest BCUT2D eigenvalue weighted by Gasteiger charge is -2.25. The molecule has 0 bridgehead atoms. The van der Waals surface area contributed by atoms with Gasteiger partial charge in [0.15, 0.2) is 0 Å². The summed E-state index contributed by atoms with van der Waals surface area (Å²) in [6.45, 7) is 17.5. The summed E-state index contributed by atoms with van der Waals surface area (Å²) in [7, 11) is 0. The van der Waals surface area contributed by atoms with E-state index < -0.39 is 0 Å². The van der Waals surface area contributed by atoms with Gasteiger partial charge in [-0.15, -0.1) is 0 Å². The van der Waals surface area contributed by atoms with Crippen molar-refractivity contribution in [2.75, 3.05) is 0 Å². The minimum Gasteiger partial charge on any atom is -0.384 e. The molecular formula is C14H29N. The summed E-state index contributed by atoms with van der Waals surface area (Å²) < 4.78 is 0. The van der Waals surface area contributed by atoms with Crippen LogP contribution < -0.4 is 5.32 Å². The molecule has 0 aromatic heterocycles. The highest BCUT2D eigenvalue weighted by atomic mass is 15.0. The van der Waals surface area contributed by atoms with Crippen LogP contribution in [0.2, 0.25) is 0 Å². The van der Waals surface area contributed by atoms with Gasteiger partial charge in [0, 0.05) is 11.2 Å². The van der Waals surface area contributed by atoms with Gasteiger partial charge >= 0.3 is 0 Å². The first-order valence-electron chi connectivity index (χ1n) is 6.16. The van der Waals surface area contributed by atoms with Gasteiger partial charge in [-0.3, -0.25) is 0 Å². The van der Waals surface area contributed by atoms with Gasteiger partial charge in [0.05, 0.1) is 0 Å². The van der Waals surface area contributed by atoms with E-state index in [0.717, 1.165) is 18.3 Å². The van der Waals surface area contributed by atoms with Gasteiger partial charge in [-0.05, 0) is 39.0 Å². The Labute approximate surface area is 96.3 Å². The molecule has 1 unspecified atom stereocenters. The van der Waals surface area contributed by atoms with Gasteiger partial charge in [-0.2, -0.15) is 0 Å². The number of hydrogen-bond donors (Lipinski definition) is 1. The summed E-state index contributed by atoms with van der Waals surface area (Å²) in [5.74, 6) is 1.56. The third kappa shape index (κ3) is 9.84. The van der Waals surface area contributed by atoms with E-state index in [1.165, 1.54) is 18.5 Å². The van der Waals surface area contributed by atoms with Gasteiger partial charge in [-0.25, -0.2) is 0 Å². The summed E-state index contributed by atoms with van der Waals surface area (Å²) in [5.41, 5.74) is 1.33. The Morgan fingerprint density at radius 2 is 1.67 bits per heavy atom. The molecule has 0 aliphatic carbocycles. The van der Waals surface area contributed by atoms with E-state index in [4.69, 9.17) is 0 Å². The van der Waals surface area contributed by atoms with E-state index in [1.54, 1.807) is 0 Å². The molecule has 0 radical (unpaired) electrons. The molecule has 90 valence electrons. The molecule has 0 aliphatic heterocycles. The van der Waals surface area contributed by atoms with Crippen LogP contribution in [0.4, 0.5) is 0 Å². The summed E-state index contributed by atoms with van der Waals surface area (Å²) in [6.07, 6.45) is 3.73. The van der Waals surface area contributed by atoms with Crippen molar-refractivity contribution < 1.29 is 0 Å². The molecule has 1 N–H and O–H groups in total. The monoisotopic (exact) mass is 211 g/mol. The third-order valence-corrected chi connectivity index (χ3v) is 2.38. The van der Waals surface area contributed by atoms with Crippen molar-refractivity contribution in [1.82, 2.24) is 5.32 Å². The maximum absolute atomic E-state index is 4.10. The second-order valence-electron chi connectivity index (χ2n) is 6.26. The quantitative estimate of drug-likeness (QED) is 0.688. The zero-order valence-electron chi connectivity index (χ0n) is 11.5. The molecular weight excluding hydrogens is 182 g/mol. The van der Waals surface area contributed by atoms with Crippen LogP contribution >= 0.6 is 0 Å². The Kier molecular flexibility index (Phi) is 6.00. The average Bonchev–Trinajstić information content (AvgIpc) is 1.96. The Hall–Kier alpha value is -0.460. The first-order chi connectivity index (χ1) is 6.70. The van der Waals surface area contributed by atoms with Crippen LogP contribution in [0.3, 0.4) is 0 Å². The molecule has 0 saturated carbocycles. The van der Waals surface area contributed by atoms with Crippen molar-refractivity contribution in [2.45, 2.75) is 66.3 Å². The Balaban J connectivity index is 3.77. The molecule has 0 amide bonds. The molecule has 0 heterocycles. The number of nitrogens with one attached hydrogen (secondary N) is 1. The topological polar surface area (TPSA) is 12.0 Å². The highest BCUT2D eigenvalue weighted by Gasteiger charge is 2.12. The van der Waals surface area contributed by atoms with E-state index in [0.29, 0.717) is 0 Å². The number of hydrogen-bond acceptors (Lipinski definition) is 1. The first-order valence-corrected chi connectivity index (χ1v) is 6.16. The zero-order chi connectivity index (χ0) is 12.1. The minimum atomic E-state index is 0.148. The molecule has 0 saturated heterocycles. The summed E-state index contributed by atoms with van der Waals surface area (Å²) in [5, 5.41) is 3.44. The van der Waals surface area contributed by atoms with E-state index >= 15 is 0 Å². The standard InChI is InChI=1S/C14H29N/c1-11(2)8-9-12(3)10-13(4)15-14(5,6)7/h11-12,15H,4,8-10H2,1-3,5-7H3. The van der Waals surface area contributed by atoms with Crippen LogP contribution in [0.1, 0.15) is 60.8 Å². The van der Waals surface area contributed by atoms with Crippen molar-refractivity contribution in [1.29, 1.82) is 0 Å². The van der Waals surface area contributed by atoms with Crippen LogP contribution in [-0.4, -0.2) is 5.54 Å². The van der Waals surface area contributed by atoms with Gasteiger partial charge in [0.2, 0.25) is 0 Å². The Morgan fingerprint density at radius 3 is 2.07 bits per heavy atom. The highest BCUT2D eigenvalue weighted by molar-refractivity contribution is 4.97. The van der Waals surface area contributed by atoms with Crippen LogP contribution in [0.15, 0.2) is 12.3 Å². The molecule has 0 aromatic rings. The predicted octanol–water partition coefficient (Wildman–Crippen LogP) is 4.35. The van der Waals surface area contributed by atoms with Crippen molar-refractivity contribution in [3.8, 4) is 0 Å². The first kappa shape index (κ1) is 14.5. The van der Waals surface area contributed by atoms with Crippen LogP contribution in [0, 0.1) is 11.8 Å². The fraction of sp³-hybridized carbons (Fsp3) is 0.857. The van der Waals surface area contributed by atoms with Crippen LogP contribution in [0.5, 0.6) is 0 Å². The lowest BCUT2D eigenvalue weighted by Crippen LogP contribution is -2.35. The fourth-order valence-electron chi connectivity index (χ4n) is 1.72. The maximum atomic E-state index is 4.10. The second-order valence-corrected chi connectivity index (χ2v) is 6.26. The lowest BCUT2D eigenvalue weighted by molar-refractivity contribution is 0.411. The van der Waals surface area contributed by atoms with E-state index in [-0.39, 0.29) is 5.54 Å². The maximum Gasteiger partial charge on any atom is 0.0286 e. The molecule has 0 aromatic carbocycles. The van der Waals surface area contributed by atoms with Crippen LogP contribution in [-0.2, 0) is 0 Å². The Morgan fingerprint density at radius 1 is 1.13 bits per heavy atom. The smallest absolute Gasteiger partial charge is 0.0286 e. The molecule has 15 heavy (non-hydrogen) atoms. The molecule has 0 fully saturated rings. The lowest BCUT2D eigenvalue weighted by atomic mass is 9.95. The molecule has 0 aliphatic rings. The molecule has 1 nitrogen and oxygen atoms in total. The molecule has 1 heteroatoms. The van der Waals surface area contributed by atoms with Crippen molar-refractivity contribution in [3.05, 3.63) is 12.3 Å². The predicted molar refractivity (Wildman–Crippen MR) is 69.9 cm³/mol. The summed E-state index contributed by atoms with van der Waals surface area (Å²) in [6, 6.07) is 0. The van der Waals surface area contributed by atoms with Gasteiger partial charge in [0.1, 0.15) is 0 Å². The number of allylic oxidation sites excluding steroid dienone is 1.